The Morgan fingerprint density at radius 2 is 1.68 bits per heavy atom. The highest BCUT2D eigenvalue weighted by Crippen LogP contribution is 2.36. The van der Waals surface area contributed by atoms with Crippen LogP contribution in [-0.4, -0.2) is 20.7 Å². The summed E-state index contributed by atoms with van der Waals surface area (Å²) in [5.41, 5.74) is 0.923. The van der Waals surface area contributed by atoms with Gasteiger partial charge in [-0.25, -0.2) is 9.67 Å². The predicted molar refractivity (Wildman–Crippen MR) is 124 cm³/mol. The molecule has 0 saturated heterocycles. The van der Waals surface area contributed by atoms with Crippen molar-refractivity contribution in [3.63, 3.8) is 0 Å². The lowest BCUT2D eigenvalue weighted by Gasteiger charge is -2.07. The Kier molecular flexibility index (Phi) is 5.41. The Bertz CT molecular complexity index is 1520. The Balaban J connectivity index is 1.56. The molecule has 3 aromatic carbocycles. The fourth-order valence-electron chi connectivity index (χ4n) is 3.60. The highest BCUT2D eigenvalue weighted by molar-refractivity contribution is 7.12. The molecule has 34 heavy (non-hydrogen) atoms. The van der Waals surface area contributed by atoms with Gasteiger partial charge in [0.1, 0.15) is 5.75 Å². The third kappa shape index (κ3) is 4.29. The van der Waals surface area contributed by atoms with E-state index in [0.717, 1.165) is 32.9 Å². The normalized spacial score (nSPS) is 11.6. The number of thiazole rings is 1. The highest BCUT2D eigenvalue weighted by Gasteiger charge is 2.37. The summed E-state index contributed by atoms with van der Waals surface area (Å²) in [4.78, 5) is 15.6. The lowest BCUT2D eigenvalue weighted by atomic mass is 10.1. The van der Waals surface area contributed by atoms with Gasteiger partial charge in [0.2, 0.25) is 5.13 Å². The zero-order valence-electron chi connectivity index (χ0n) is 17.7. The van der Waals surface area contributed by atoms with E-state index < -0.39 is 17.8 Å². The van der Waals surface area contributed by atoms with E-state index in [9.17, 15) is 18.0 Å². The second-order valence-electron chi connectivity index (χ2n) is 7.52. The molecule has 170 valence electrons. The number of rotatable bonds is 4. The SMILES string of the molecule is CC(=O)Oc1cccc(-c2csc(-n3nc(-c4ccc5ccccc5c4)cc3C(F)(F)F)n2)c1. The summed E-state index contributed by atoms with van der Waals surface area (Å²) >= 11 is 1.04. The zero-order chi connectivity index (χ0) is 23.9. The summed E-state index contributed by atoms with van der Waals surface area (Å²) in [6.45, 7) is 1.29. The molecule has 0 aliphatic heterocycles. The summed E-state index contributed by atoms with van der Waals surface area (Å²) in [5.74, 6) is -0.142. The van der Waals surface area contributed by atoms with Crippen LogP contribution in [-0.2, 0) is 11.0 Å². The van der Waals surface area contributed by atoms with Crippen molar-refractivity contribution in [2.24, 2.45) is 0 Å². The molecule has 0 spiro atoms. The van der Waals surface area contributed by atoms with Gasteiger partial charge < -0.3 is 4.74 Å². The fraction of sp³-hybridized carbons (Fsp3) is 0.0800. The maximum Gasteiger partial charge on any atom is 0.433 e. The number of esters is 1. The molecule has 2 heterocycles. The van der Waals surface area contributed by atoms with E-state index in [2.05, 4.69) is 10.1 Å². The van der Waals surface area contributed by atoms with Crippen LogP contribution in [0.4, 0.5) is 13.2 Å². The zero-order valence-corrected chi connectivity index (χ0v) is 18.5. The van der Waals surface area contributed by atoms with E-state index in [1.807, 2.05) is 36.4 Å². The van der Waals surface area contributed by atoms with E-state index in [4.69, 9.17) is 4.74 Å². The van der Waals surface area contributed by atoms with Crippen LogP contribution in [0, 0.1) is 0 Å². The second-order valence-corrected chi connectivity index (χ2v) is 8.36. The van der Waals surface area contributed by atoms with Gasteiger partial charge in [0.25, 0.3) is 0 Å². The molecule has 9 heteroatoms. The molecule has 0 amide bonds. The van der Waals surface area contributed by atoms with Crippen molar-refractivity contribution in [1.82, 2.24) is 14.8 Å². The van der Waals surface area contributed by atoms with E-state index >= 15 is 0 Å². The number of nitrogens with zero attached hydrogens (tertiary/aromatic N) is 3. The fourth-order valence-corrected chi connectivity index (χ4v) is 4.39. The molecule has 0 fully saturated rings. The molecule has 0 atom stereocenters. The molecule has 0 unspecified atom stereocenters. The van der Waals surface area contributed by atoms with Crippen molar-refractivity contribution < 1.29 is 22.7 Å². The molecular weight excluding hydrogens is 463 g/mol. The minimum atomic E-state index is -4.62. The van der Waals surface area contributed by atoms with Crippen LogP contribution in [0.2, 0.25) is 0 Å². The lowest BCUT2D eigenvalue weighted by molar-refractivity contribution is -0.142. The number of alkyl halides is 3. The lowest BCUT2D eigenvalue weighted by Crippen LogP contribution is -2.13. The number of hydrogen-bond donors (Lipinski definition) is 0. The maximum atomic E-state index is 13.9. The number of halogens is 3. The molecule has 5 rings (SSSR count). The summed E-state index contributed by atoms with van der Waals surface area (Å²) in [6, 6.07) is 20.7. The van der Waals surface area contributed by atoms with Crippen molar-refractivity contribution in [1.29, 1.82) is 0 Å². The molecule has 2 aromatic heterocycles. The van der Waals surface area contributed by atoms with Crippen molar-refractivity contribution >= 4 is 28.1 Å². The van der Waals surface area contributed by atoms with Gasteiger partial charge >= 0.3 is 12.1 Å². The van der Waals surface area contributed by atoms with Crippen LogP contribution in [0.1, 0.15) is 12.6 Å². The molecule has 0 N–H and O–H groups in total. The smallest absolute Gasteiger partial charge is 0.427 e. The van der Waals surface area contributed by atoms with Gasteiger partial charge in [0.05, 0.1) is 11.4 Å². The average molecular weight is 479 g/mol. The quantitative estimate of drug-likeness (QED) is 0.211. The number of ether oxygens (including phenoxy) is 1. The molecule has 5 nitrogen and oxygen atoms in total. The molecule has 0 radical (unpaired) electrons. The third-order valence-corrected chi connectivity index (χ3v) is 5.93. The summed E-state index contributed by atoms with van der Waals surface area (Å²) in [5, 5.41) is 7.88. The Hall–Kier alpha value is -3.98. The van der Waals surface area contributed by atoms with Crippen molar-refractivity contribution in [3.05, 3.63) is 83.9 Å². The standard InChI is InChI=1S/C25H16F3N3O2S/c1-15(32)33-20-8-4-7-18(12-20)22-14-34-24(29-22)31-23(25(26,27)28)13-21(30-31)19-10-9-16-5-2-3-6-17(16)11-19/h2-14H,1H3. The number of carbonyl (C=O) groups excluding carboxylic acids is 1. The largest absolute Gasteiger partial charge is 0.433 e. The van der Waals surface area contributed by atoms with Crippen molar-refractivity contribution in [2.75, 3.05) is 0 Å². The Morgan fingerprint density at radius 3 is 2.44 bits per heavy atom. The van der Waals surface area contributed by atoms with Crippen LogP contribution in [0.15, 0.2) is 78.2 Å². The van der Waals surface area contributed by atoms with Crippen LogP contribution in [0.25, 0.3) is 38.4 Å². The first-order valence-corrected chi connectivity index (χ1v) is 11.1. The molecule has 5 aromatic rings. The summed E-state index contributed by atoms with van der Waals surface area (Å²) < 4.78 is 47.6. The van der Waals surface area contributed by atoms with Crippen LogP contribution >= 0.6 is 11.3 Å². The van der Waals surface area contributed by atoms with Gasteiger partial charge in [0.15, 0.2) is 5.69 Å². The first-order valence-electron chi connectivity index (χ1n) is 10.2. The van der Waals surface area contributed by atoms with Gasteiger partial charge in [-0.05, 0) is 35.0 Å². The Labute approximate surface area is 196 Å². The monoisotopic (exact) mass is 479 g/mol. The van der Waals surface area contributed by atoms with Crippen molar-refractivity contribution in [2.45, 2.75) is 13.1 Å². The second kappa shape index (κ2) is 8.42. The maximum absolute atomic E-state index is 13.9. The van der Waals surface area contributed by atoms with Gasteiger partial charge in [0, 0.05) is 23.4 Å². The predicted octanol–water partition coefficient (Wildman–Crippen LogP) is 6.76. The third-order valence-electron chi connectivity index (χ3n) is 5.11. The first kappa shape index (κ1) is 21.8. The minimum Gasteiger partial charge on any atom is -0.427 e. The number of benzene rings is 3. The van der Waals surface area contributed by atoms with Crippen LogP contribution in [0.5, 0.6) is 5.75 Å². The van der Waals surface area contributed by atoms with E-state index in [1.165, 1.54) is 6.92 Å². The number of aromatic nitrogens is 3. The van der Waals surface area contributed by atoms with Crippen LogP contribution < -0.4 is 4.74 Å². The topological polar surface area (TPSA) is 57.0 Å². The highest BCUT2D eigenvalue weighted by atomic mass is 32.1. The van der Waals surface area contributed by atoms with Gasteiger partial charge in [-0.2, -0.15) is 18.3 Å². The van der Waals surface area contributed by atoms with E-state index in [0.29, 0.717) is 22.6 Å². The average Bonchev–Trinajstić information content (AvgIpc) is 3.46. The Morgan fingerprint density at radius 1 is 0.912 bits per heavy atom. The number of hydrogen-bond acceptors (Lipinski definition) is 5. The number of fused-ring (bicyclic) bond motifs is 1. The van der Waals surface area contributed by atoms with Gasteiger partial charge in [-0.1, -0.05) is 48.5 Å². The van der Waals surface area contributed by atoms with E-state index in [1.54, 1.807) is 35.7 Å². The molecule has 0 saturated carbocycles. The molecular formula is C25H16F3N3O2S. The van der Waals surface area contributed by atoms with Crippen LogP contribution in [0.3, 0.4) is 0 Å². The summed E-state index contributed by atoms with van der Waals surface area (Å²) in [6.07, 6.45) is -4.62. The molecule has 0 aliphatic rings. The minimum absolute atomic E-state index is 0.0762. The molecule has 0 bridgehead atoms. The first-order chi connectivity index (χ1) is 16.3. The summed E-state index contributed by atoms with van der Waals surface area (Å²) in [7, 11) is 0. The molecule has 0 aliphatic carbocycles. The van der Waals surface area contributed by atoms with Crippen molar-refractivity contribution in [3.8, 4) is 33.4 Å². The van der Waals surface area contributed by atoms with E-state index in [-0.39, 0.29) is 10.8 Å². The number of carbonyl (C=O) groups is 1. The van der Waals surface area contributed by atoms with Gasteiger partial charge in [-0.15, -0.1) is 11.3 Å². The van der Waals surface area contributed by atoms with Gasteiger partial charge in [-0.3, -0.25) is 4.79 Å².